The number of para-hydroxylation sites is 1. The molecule has 21 heavy (non-hydrogen) atoms. The number of nitrogens with zero attached hydrogens (tertiary/aromatic N) is 2. The number of hydrogen-bond acceptors (Lipinski definition) is 2. The number of carbonyl (C=O) groups is 1. The monoisotopic (exact) mass is 280 g/mol. The van der Waals surface area contributed by atoms with Gasteiger partial charge in [0.2, 0.25) is 0 Å². The van der Waals surface area contributed by atoms with Gasteiger partial charge in [0.1, 0.15) is 0 Å². The van der Waals surface area contributed by atoms with E-state index in [0.717, 1.165) is 23.1 Å². The Balaban J connectivity index is 1.47. The summed E-state index contributed by atoms with van der Waals surface area (Å²) in [6, 6.07) is 9.93. The summed E-state index contributed by atoms with van der Waals surface area (Å²) in [6.45, 7) is 0. The SMILES string of the molecule is O=C(CC1CC2CCC1C2)c1cnn(-c2ccccc2)c1. The number of benzene rings is 1. The molecule has 1 aromatic heterocycles. The lowest BCUT2D eigenvalue weighted by Gasteiger charge is -2.20. The van der Waals surface area contributed by atoms with Gasteiger partial charge < -0.3 is 0 Å². The number of fused-ring (bicyclic) bond motifs is 2. The molecule has 3 unspecified atom stereocenters. The zero-order valence-electron chi connectivity index (χ0n) is 12.1. The first-order valence-electron chi connectivity index (χ1n) is 7.93. The van der Waals surface area contributed by atoms with Crippen LogP contribution in [0.25, 0.3) is 5.69 Å². The zero-order valence-corrected chi connectivity index (χ0v) is 12.1. The van der Waals surface area contributed by atoms with Crippen LogP contribution < -0.4 is 0 Å². The average molecular weight is 280 g/mol. The second-order valence-electron chi connectivity index (χ2n) is 6.57. The Kier molecular flexibility index (Phi) is 3.13. The second-order valence-corrected chi connectivity index (χ2v) is 6.57. The van der Waals surface area contributed by atoms with Crippen LogP contribution in [0.5, 0.6) is 0 Å². The molecule has 0 spiro atoms. The summed E-state index contributed by atoms with van der Waals surface area (Å²) in [4.78, 5) is 12.5. The molecule has 2 bridgehead atoms. The maximum Gasteiger partial charge on any atom is 0.166 e. The van der Waals surface area contributed by atoms with Gasteiger partial charge in [0, 0.05) is 12.6 Å². The second kappa shape index (κ2) is 5.14. The summed E-state index contributed by atoms with van der Waals surface area (Å²) in [6.07, 6.45) is 9.65. The summed E-state index contributed by atoms with van der Waals surface area (Å²) in [5, 5.41) is 4.33. The van der Waals surface area contributed by atoms with Crippen LogP contribution in [0.3, 0.4) is 0 Å². The molecule has 0 aliphatic heterocycles. The number of Topliss-reactive ketones (excluding diaryl/α,β-unsaturated/α-hetero) is 1. The van der Waals surface area contributed by atoms with Crippen molar-refractivity contribution < 1.29 is 4.79 Å². The molecular weight excluding hydrogens is 260 g/mol. The highest BCUT2D eigenvalue weighted by Gasteiger charge is 2.40. The molecule has 3 atom stereocenters. The first-order chi connectivity index (χ1) is 10.3. The lowest BCUT2D eigenvalue weighted by molar-refractivity contribution is 0.0944. The van der Waals surface area contributed by atoms with Gasteiger partial charge in [-0.25, -0.2) is 4.68 Å². The Morgan fingerprint density at radius 3 is 2.76 bits per heavy atom. The molecule has 0 radical (unpaired) electrons. The van der Waals surface area contributed by atoms with Gasteiger partial charge in [0.15, 0.2) is 5.78 Å². The molecule has 1 heterocycles. The fraction of sp³-hybridized carbons (Fsp3) is 0.444. The van der Waals surface area contributed by atoms with E-state index in [1.807, 2.05) is 36.5 Å². The van der Waals surface area contributed by atoms with Crippen molar-refractivity contribution in [2.45, 2.75) is 32.1 Å². The lowest BCUT2D eigenvalue weighted by Crippen LogP contribution is -2.15. The smallest absolute Gasteiger partial charge is 0.166 e. The molecule has 4 rings (SSSR count). The van der Waals surface area contributed by atoms with Gasteiger partial charge in [0.25, 0.3) is 0 Å². The summed E-state index contributed by atoms with van der Waals surface area (Å²) in [5.74, 6) is 2.59. The maximum atomic E-state index is 12.5. The van der Waals surface area contributed by atoms with E-state index < -0.39 is 0 Å². The molecule has 3 heteroatoms. The highest BCUT2D eigenvalue weighted by atomic mass is 16.1. The van der Waals surface area contributed by atoms with Crippen LogP contribution in [0.15, 0.2) is 42.7 Å². The molecule has 2 saturated carbocycles. The van der Waals surface area contributed by atoms with E-state index in [9.17, 15) is 4.79 Å². The van der Waals surface area contributed by atoms with Gasteiger partial charge >= 0.3 is 0 Å². The van der Waals surface area contributed by atoms with E-state index in [4.69, 9.17) is 0 Å². The predicted molar refractivity (Wildman–Crippen MR) is 81.4 cm³/mol. The largest absolute Gasteiger partial charge is 0.294 e. The number of hydrogen-bond donors (Lipinski definition) is 0. The van der Waals surface area contributed by atoms with E-state index >= 15 is 0 Å². The van der Waals surface area contributed by atoms with Crippen LogP contribution in [0.2, 0.25) is 0 Å². The van der Waals surface area contributed by atoms with E-state index in [0.29, 0.717) is 12.3 Å². The molecule has 2 aliphatic carbocycles. The minimum atomic E-state index is 0.259. The third kappa shape index (κ3) is 2.41. The van der Waals surface area contributed by atoms with Crippen molar-refractivity contribution in [3.63, 3.8) is 0 Å². The highest BCUT2D eigenvalue weighted by Crippen LogP contribution is 2.49. The molecule has 0 amide bonds. The number of carbonyl (C=O) groups excluding carboxylic acids is 1. The molecule has 1 aromatic carbocycles. The van der Waals surface area contributed by atoms with E-state index in [-0.39, 0.29) is 5.78 Å². The number of aromatic nitrogens is 2. The molecule has 2 fully saturated rings. The quantitative estimate of drug-likeness (QED) is 0.797. The third-order valence-electron chi connectivity index (χ3n) is 5.26. The lowest BCUT2D eigenvalue weighted by atomic mass is 9.84. The van der Waals surface area contributed by atoms with E-state index in [1.165, 1.54) is 25.7 Å². The Morgan fingerprint density at radius 1 is 1.19 bits per heavy atom. The molecule has 0 saturated heterocycles. The third-order valence-corrected chi connectivity index (χ3v) is 5.26. The van der Waals surface area contributed by atoms with Crippen molar-refractivity contribution in [1.29, 1.82) is 0 Å². The molecule has 108 valence electrons. The Hall–Kier alpha value is -1.90. The molecule has 0 N–H and O–H groups in total. The normalized spacial score (nSPS) is 27.1. The first-order valence-corrected chi connectivity index (χ1v) is 7.93. The zero-order chi connectivity index (χ0) is 14.2. The molecule has 2 aromatic rings. The highest BCUT2D eigenvalue weighted by molar-refractivity contribution is 5.95. The topological polar surface area (TPSA) is 34.9 Å². The van der Waals surface area contributed by atoms with Crippen LogP contribution in [0.1, 0.15) is 42.5 Å². The van der Waals surface area contributed by atoms with Crippen LogP contribution in [-0.4, -0.2) is 15.6 Å². The van der Waals surface area contributed by atoms with Gasteiger partial charge in [-0.15, -0.1) is 0 Å². The van der Waals surface area contributed by atoms with E-state index in [2.05, 4.69) is 5.10 Å². The van der Waals surface area contributed by atoms with Crippen molar-refractivity contribution in [2.75, 3.05) is 0 Å². The summed E-state index contributed by atoms with van der Waals surface area (Å²) in [5.41, 5.74) is 1.75. The van der Waals surface area contributed by atoms with Gasteiger partial charge in [-0.05, 0) is 49.1 Å². The Morgan fingerprint density at radius 2 is 2.05 bits per heavy atom. The van der Waals surface area contributed by atoms with Crippen molar-refractivity contribution in [1.82, 2.24) is 9.78 Å². The first kappa shape index (κ1) is 12.8. The summed E-state index contributed by atoms with van der Waals surface area (Å²) in [7, 11) is 0. The average Bonchev–Trinajstić information content (AvgIpc) is 3.24. The minimum Gasteiger partial charge on any atom is -0.294 e. The molecular formula is C18H20N2O. The molecule has 2 aliphatic rings. The standard InChI is InChI=1S/C18H20N2O/c21-18(10-15-9-13-6-7-14(15)8-13)16-11-19-20(12-16)17-4-2-1-3-5-17/h1-5,11-15H,6-10H2. The van der Waals surface area contributed by atoms with Crippen molar-refractivity contribution in [3.8, 4) is 5.69 Å². The van der Waals surface area contributed by atoms with Gasteiger partial charge in [-0.1, -0.05) is 24.6 Å². The van der Waals surface area contributed by atoms with Crippen molar-refractivity contribution >= 4 is 5.78 Å². The van der Waals surface area contributed by atoms with Crippen molar-refractivity contribution in [2.24, 2.45) is 17.8 Å². The molecule has 3 nitrogen and oxygen atoms in total. The fourth-order valence-corrected chi connectivity index (χ4v) is 4.17. The van der Waals surface area contributed by atoms with E-state index in [1.54, 1.807) is 10.9 Å². The van der Waals surface area contributed by atoms with Gasteiger partial charge in [0.05, 0.1) is 17.4 Å². The van der Waals surface area contributed by atoms with Crippen LogP contribution >= 0.6 is 0 Å². The van der Waals surface area contributed by atoms with Crippen LogP contribution in [0.4, 0.5) is 0 Å². The minimum absolute atomic E-state index is 0.259. The Labute approximate surface area is 125 Å². The van der Waals surface area contributed by atoms with Crippen LogP contribution in [0, 0.1) is 17.8 Å². The summed E-state index contributed by atoms with van der Waals surface area (Å²) < 4.78 is 1.79. The predicted octanol–water partition coefficient (Wildman–Crippen LogP) is 3.88. The number of rotatable bonds is 4. The van der Waals surface area contributed by atoms with Gasteiger partial charge in [-0.2, -0.15) is 5.10 Å². The van der Waals surface area contributed by atoms with Crippen LogP contribution in [-0.2, 0) is 0 Å². The van der Waals surface area contributed by atoms with Crippen molar-refractivity contribution in [3.05, 3.63) is 48.3 Å². The maximum absolute atomic E-state index is 12.5. The number of ketones is 1. The fourth-order valence-electron chi connectivity index (χ4n) is 4.17. The summed E-state index contributed by atoms with van der Waals surface area (Å²) >= 11 is 0. The Bertz CT molecular complexity index is 646. The van der Waals surface area contributed by atoms with Gasteiger partial charge in [-0.3, -0.25) is 4.79 Å².